The molecule has 2 aromatic rings. The van der Waals surface area contributed by atoms with Gasteiger partial charge in [0.1, 0.15) is 18.1 Å². The predicted molar refractivity (Wildman–Crippen MR) is 107 cm³/mol. The lowest BCUT2D eigenvalue weighted by Crippen LogP contribution is -2.38. The van der Waals surface area contributed by atoms with E-state index in [1.165, 1.54) is 13.8 Å². The summed E-state index contributed by atoms with van der Waals surface area (Å²) in [4.78, 5) is 23.3. The Labute approximate surface area is 169 Å². The number of hydrogen-bond acceptors (Lipinski definition) is 4. The zero-order valence-electron chi connectivity index (χ0n) is 15.9. The van der Waals surface area contributed by atoms with Crippen LogP contribution >= 0.6 is 11.6 Å². The second kappa shape index (κ2) is 9.99. The fraction of sp³-hybridized carbons (Fsp3) is 0.333. The molecule has 0 saturated carbocycles. The minimum atomic E-state index is -1.35. The Morgan fingerprint density at radius 3 is 2.46 bits per heavy atom. The van der Waals surface area contributed by atoms with Crippen LogP contribution in [0, 0.1) is 0 Å². The van der Waals surface area contributed by atoms with Crippen LogP contribution in [0.25, 0.3) is 0 Å². The molecular formula is C21H24ClNO5. The van der Waals surface area contributed by atoms with Crippen LogP contribution in [0.3, 0.4) is 0 Å². The molecule has 0 atom stereocenters. The maximum atomic E-state index is 12.1. The molecule has 2 N–H and O–H groups in total. The van der Waals surface area contributed by atoms with Crippen LogP contribution in [0.1, 0.15) is 25.8 Å². The summed E-state index contributed by atoms with van der Waals surface area (Å²) >= 11 is 5.81. The van der Waals surface area contributed by atoms with Crippen molar-refractivity contribution in [2.45, 2.75) is 32.3 Å². The second-order valence-corrected chi connectivity index (χ2v) is 7.11. The molecule has 6 nitrogen and oxygen atoms in total. The minimum absolute atomic E-state index is 0.119. The first-order valence-electron chi connectivity index (χ1n) is 8.93. The second-order valence-electron chi connectivity index (χ2n) is 6.68. The number of nitrogens with one attached hydrogen (secondary N) is 1. The van der Waals surface area contributed by atoms with E-state index in [0.717, 1.165) is 5.56 Å². The molecule has 0 unspecified atom stereocenters. The average molecular weight is 406 g/mol. The fourth-order valence-corrected chi connectivity index (χ4v) is 2.48. The maximum absolute atomic E-state index is 12.1. The molecule has 150 valence electrons. The van der Waals surface area contributed by atoms with Gasteiger partial charge in [-0.1, -0.05) is 29.8 Å². The number of carbonyl (C=O) groups is 2. The van der Waals surface area contributed by atoms with E-state index < -0.39 is 11.6 Å². The third kappa shape index (κ3) is 6.78. The van der Waals surface area contributed by atoms with Gasteiger partial charge in [-0.3, -0.25) is 4.79 Å². The summed E-state index contributed by atoms with van der Waals surface area (Å²) in [6.07, 6.45) is 0.699. The third-order valence-corrected chi connectivity index (χ3v) is 4.23. The van der Waals surface area contributed by atoms with Crippen LogP contribution in [0.15, 0.2) is 48.5 Å². The standard InChI is InChI=1S/C21H24ClNO5/c1-21(2,20(25)26)28-18-6-4-3-5-15(18)7-12-19(24)23-13-14-27-17-10-8-16(22)9-11-17/h3-6,8-11H,7,12-14H2,1-2H3,(H,23,24)(H,25,26). The van der Waals surface area contributed by atoms with Crippen molar-refractivity contribution >= 4 is 23.5 Å². The van der Waals surface area contributed by atoms with Crippen LogP contribution in [0.2, 0.25) is 5.02 Å². The molecule has 28 heavy (non-hydrogen) atoms. The Morgan fingerprint density at radius 2 is 1.79 bits per heavy atom. The lowest BCUT2D eigenvalue weighted by atomic mass is 10.1. The summed E-state index contributed by atoms with van der Waals surface area (Å²) in [6, 6.07) is 14.1. The zero-order valence-corrected chi connectivity index (χ0v) is 16.7. The molecule has 0 saturated heterocycles. The fourth-order valence-electron chi connectivity index (χ4n) is 2.36. The van der Waals surface area contributed by atoms with E-state index in [1.807, 2.05) is 12.1 Å². The molecule has 0 radical (unpaired) electrons. The molecule has 0 aliphatic rings. The summed E-state index contributed by atoms with van der Waals surface area (Å²) in [5.74, 6) is -0.0210. The SMILES string of the molecule is CC(C)(Oc1ccccc1CCC(=O)NCCOc1ccc(Cl)cc1)C(=O)O. The third-order valence-electron chi connectivity index (χ3n) is 3.98. The van der Waals surface area contributed by atoms with Gasteiger partial charge in [-0.25, -0.2) is 4.79 Å². The van der Waals surface area contributed by atoms with Crippen molar-refractivity contribution in [2.75, 3.05) is 13.2 Å². The number of rotatable bonds is 10. The van der Waals surface area contributed by atoms with Crippen LogP contribution in [-0.4, -0.2) is 35.7 Å². The average Bonchev–Trinajstić information content (AvgIpc) is 2.65. The van der Waals surface area contributed by atoms with Gasteiger partial charge in [-0.15, -0.1) is 0 Å². The first-order chi connectivity index (χ1) is 13.3. The number of para-hydroxylation sites is 1. The Balaban J connectivity index is 1.78. The van der Waals surface area contributed by atoms with E-state index in [1.54, 1.807) is 36.4 Å². The molecule has 0 aliphatic carbocycles. The lowest BCUT2D eigenvalue weighted by molar-refractivity contribution is -0.152. The summed E-state index contributed by atoms with van der Waals surface area (Å²) in [5.41, 5.74) is -0.568. The normalized spacial score (nSPS) is 11.0. The van der Waals surface area contributed by atoms with Crippen LogP contribution < -0.4 is 14.8 Å². The first kappa shape index (κ1) is 21.6. The quantitative estimate of drug-likeness (QED) is 0.588. The number of carboxylic acid groups (broad SMARTS) is 1. The van der Waals surface area contributed by atoms with E-state index in [0.29, 0.717) is 36.1 Å². The van der Waals surface area contributed by atoms with Gasteiger partial charge in [-0.2, -0.15) is 0 Å². The highest BCUT2D eigenvalue weighted by Gasteiger charge is 2.30. The number of carbonyl (C=O) groups excluding carboxylic acids is 1. The predicted octanol–water partition coefficient (Wildman–Crippen LogP) is 3.71. The zero-order chi connectivity index (χ0) is 20.6. The lowest BCUT2D eigenvalue weighted by Gasteiger charge is -2.23. The van der Waals surface area contributed by atoms with Crippen molar-refractivity contribution in [3.8, 4) is 11.5 Å². The smallest absolute Gasteiger partial charge is 0.347 e. The van der Waals surface area contributed by atoms with E-state index >= 15 is 0 Å². The molecule has 0 heterocycles. The topological polar surface area (TPSA) is 84.9 Å². The van der Waals surface area contributed by atoms with E-state index in [4.69, 9.17) is 21.1 Å². The van der Waals surface area contributed by atoms with Gasteiger partial charge in [0.15, 0.2) is 5.60 Å². The van der Waals surface area contributed by atoms with E-state index in [9.17, 15) is 14.7 Å². The molecule has 2 rings (SSSR count). The molecule has 7 heteroatoms. The highest BCUT2D eigenvalue weighted by molar-refractivity contribution is 6.30. The molecule has 1 amide bonds. The van der Waals surface area contributed by atoms with E-state index in [2.05, 4.69) is 5.32 Å². The number of halogens is 1. The van der Waals surface area contributed by atoms with Gasteiger partial charge >= 0.3 is 5.97 Å². The van der Waals surface area contributed by atoms with Gasteiger partial charge in [0, 0.05) is 11.4 Å². The number of carboxylic acids is 1. The van der Waals surface area contributed by atoms with Crippen molar-refractivity contribution < 1.29 is 24.2 Å². The minimum Gasteiger partial charge on any atom is -0.492 e. The molecular weight excluding hydrogens is 382 g/mol. The van der Waals surface area contributed by atoms with Gasteiger partial charge in [0.25, 0.3) is 0 Å². The number of aryl methyl sites for hydroxylation is 1. The van der Waals surface area contributed by atoms with Crippen molar-refractivity contribution in [1.29, 1.82) is 0 Å². The molecule has 2 aromatic carbocycles. The Kier molecular flexibility index (Phi) is 7.70. The Hall–Kier alpha value is -2.73. The summed E-state index contributed by atoms with van der Waals surface area (Å²) in [7, 11) is 0. The highest BCUT2D eigenvalue weighted by atomic mass is 35.5. The summed E-state index contributed by atoms with van der Waals surface area (Å²) in [5, 5.41) is 12.7. The van der Waals surface area contributed by atoms with Gasteiger partial charge < -0.3 is 19.9 Å². The van der Waals surface area contributed by atoms with Gasteiger partial charge in [0.05, 0.1) is 6.54 Å². The number of ether oxygens (including phenoxy) is 2. The van der Waals surface area contributed by atoms with Crippen LogP contribution in [0.5, 0.6) is 11.5 Å². The number of hydrogen-bond donors (Lipinski definition) is 2. The van der Waals surface area contributed by atoms with Crippen molar-refractivity contribution in [3.63, 3.8) is 0 Å². The van der Waals surface area contributed by atoms with Crippen molar-refractivity contribution in [1.82, 2.24) is 5.32 Å². The Bertz CT molecular complexity index is 805. The van der Waals surface area contributed by atoms with Crippen LogP contribution in [0.4, 0.5) is 0 Å². The van der Waals surface area contributed by atoms with Crippen molar-refractivity contribution in [2.24, 2.45) is 0 Å². The Morgan fingerprint density at radius 1 is 1.11 bits per heavy atom. The molecule has 0 aromatic heterocycles. The molecule has 0 fully saturated rings. The molecule has 0 aliphatic heterocycles. The number of benzene rings is 2. The monoisotopic (exact) mass is 405 g/mol. The maximum Gasteiger partial charge on any atom is 0.347 e. The van der Waals surface area contributed by atoms with Crippen molar-refractivity contribution in [3.05, 3.63) is 59.1 Å². The first-order valence-corrected chi connectivity index (χ1v) is 9.31. The van der Waals surface area contributed by atoms with Gasteiger partial charge in [0.2, 0.25) is 5.91 Å². The van der Waals surface area contributed by atoms with Gasteiger partial charge in [-0.05, 0) is 56.2 Å². The van der Waals surface area contributed by atoms with Crippen LogP contribution in [-0.2, 0) is 16.0 Å². The number of amides is 1. The largest absolute Gasteiger partial charge is 0.492 e. The number of aliphatic carboxylic acids is 1. The molecule has 0 spiro atoms. The van der Waals surface area contributed by atoms with E-state index in [-0.39, 0.29) is 12.3 Å². The summed E-state index contributed by atoms with van der Waals surface area (Å²) < 4.78 is 11.1. The summed E-state index contributed by atoms with van der Waals surface area (Å²) in [6.45, 7) is 3.70. The highest BCUT2D eigenvalue weighted by Crippen LogP contribution is 2.24. The molecule has 0 bridgehead atoms.